The molecule has 0 spiro atoms. The average molecular weight is 350 g/mol. The minimum absolute atomic E-state index is 0.254. The van der Waals surface area contributed by atoms with E-state index in [4.69, 9.17) is 0 Å². The molecule has 2 heterocycles. The van der Waals surface area contributed by atoms with Gasteiger partial charge in [-0.25, -0.2) is 0 Å². The Kier molecular flexibility index (Phi) is 4.42. The van der Waals surface area contributed by atoms with Gasteiger partial charge in [-0.1, -0.05) is 15.9 Å². The number of aliphatic hydroxyl groups is 1. The van der Waals surface area contributed by atoms with Gasteiger partial charge in [-0.3, -0.25) is 9.88 Å². The van der Waals surface area contributed by atoms with Gasteiger partial charge in [0.2, 0.25) is 0 Å². The quantitative estimate of drug-likeness (QED) is 0.923. The fourth-order valence-electron chi connectivity index (χ4n) is 2.93. The van der Waals surface area contributed by atoms with E-state index in [1.807, 2.05) is 13.1 Å². The molecule has 3 rings (SSSR count). The number of pyridine rings is 1. The number of halogens is 1. The van der Waals surface area contributed by atoms with E-state index in [0.717, 1.165) is 42.7 Å². The molecule has 1 aliphatic rings. The summed E-state index contributed by atoms with van der Waals surface area (Å²) in [7, 11) is 0. The van der Waals surface area contributed by atoms with Crippen LogP contribution in [0.15, 0.2) is 34.9 Å². The molecule has 1 N–H and O–H groups in total. The van der Waals surface area contributed by atoms with Crippen molar-refractivity contribution in [3.63, 3.8) is 0 Å². The Morgan fingerprint density at radius 1 is 1.24 bits per heavy atom. The molecule has 1 saturated heterocycles. The lowest BCUT2D eigenvalue weighted by Crippen LogP contribution is -2.48. The Hall–Kier alpha value is -1.17. The van der Waals surface area contributed by atoms with E-state index in [2.05, 4.69) is 55.0 Å². The van der Waals surface area contributed by atoms with Crippen molar-refractivity contribution in [3.05, 3.63) is 34.9 Å². The standard InChI is InChI=1S/C16H20BrN3O/c1-12(21)11-19-6-8-20(9-7-19)16-4-5-18-15-10-13(17)2-3-14(15)16/h2-5,10,12,21H,6-9,11H2,1H3/t12-/m1/s1. The molecule has 21 heavy (non-hydrogen) atoms. The van der Waals surface area contributed by atoms with Gasteiger partial charge in [0, 0.05) is 54.5 Å². The Labute approximate surface area is 133 Å². The van der Waals surface area contributed by atoms with Crippen LogP contribution in [0.5, 0.6) is 0 Å². The first kappa shape index (κ1) is 14.8. The molecule has 1 aliphatic heterocycles. The van der Waals surface area contributed by atoms with E-state index in [1.54, 1.807) is 0 Å². The van der Waals surface area contributed by atoms with Crippen LogP contribution in [-0.4, -0.2) is 53.8 Å². The SMILES string of the molecule is C[C@@H](O)CN1CCN(c2ccnc3cc(Br)ccc23)CC1. The molecule has 0 amide bonds. The number of benzene rings is 1. The second-order valence-electron chi connectivity index (χ2n) is 5.63. The smallest absolute Gasteiger partial charge is 0.0734 e. The summed E-state index contributed by atoms with van der Waals surface area (Å²) in [6, 6.07) is 8.35. The summed E-state index contributed by atoms with van der Waals surface area (Å²) in [6.07, 6.45) is 1.63. The van der Waals surface area contributed by atoms with Crippen molar-refractivity contribution >= 4 is 32.5 Å². The van der Waals surface area contributed by atoms with Gasteiger partial charge in [-0.15, -0.1) is 0 Å². The predicted molar refractivity (Wildman–Crippen MR) is 89.8 cm³/mol. The normalized spacial score (nSPS) is 18.1. The van der Waals surface area contributed by atoms with Crippen molar-refractivity contribution in [2.45, 2.75) is 13.0 Å². The van der Waals surface area contributed by atoms with Gasteiger partial charge in [0.25, 0.3) is 0 Å². The number of hydrogen-bond donors (Lipinski definition) is 1. The van der Waals surface area contributed by atoms with Crippen molar-refractivity contribution < 1.29 is 5.11 Å². The lowest BCUT2D eigenvalue weighted by atomic mass is 10.1. The van der Waals surface area contributed by atoms with Crippen LogP contribution in [0, 0.1) is 0 Å². The van der Waals surface area contributed by atoms with Crippen LogP contribution < -0.4 is 4.90 Å². The molecule has 2 aromatic rings. The average Bonchev–Trinajstić information content (AvgIpc) is 2.46. The lowest BCUT2D eigenvalue weighted by Gasteiger charge is -2.37. The van der Waals surface area contributed by atoms with Gasteiger partial charge >= 0.3 is 0 Å². The fourth-order valence-corrected chi connectivity index (χ4v) is 3.28. The Morgan fingerprint density at radius 3 is 2.71 bits per heavy atom. The van der Waals surface area contributed by atoms with Crippen LogP contribution in [0.3, 0.4) is 0 Å². The maximum absolute atomic E-state index is 9.49. The zero-order valence-electron chi connectivity index (χ0n) is 12.2. The number of rotatable bonds is 3. The maximum atomic E-state index is 9.49. The number of anilines is 1. The molecular weight excluding hydrogens is 330 g/mol. The summed E-state index contributed by atoms with van der Waals surface area (Å²) in [5.74, 6) is 0. The van der Waals surface area contributed by atoms with E-state index in [-0.39, 0.29) is 6.10 Å². The lowest BCUT2D eigenvalue weighted by molar-refractivity contribution is 0.123. The second kappa shape index (κ2) is 6.30. The Morgan fingerprint density at radius 2 is 2.00 bits per heavy atom. The zero-order valence-corrected chi connectivity index (χ0v) is 13.8. The molecule has 1 atom stereocenters. The first-order chi connectivity index (χ1) is 10.1. The summed E-state index contributed by atoms with van der Waals surface area (Å²) < 4.78 is 1.06. The number of aromatic nitrogens is 1. The van der Waals surface area contributed by atoms with E-state index in [9.17, 15) is 5.11 Å². The molecule has 1 aromatic carbocycles. The van der Waals surface area contributed by atoms with Gasteiger partial charge in [0.1, 0.15) is 0 Å². The van der Waals surface area contributed by atoms with Crippen molar-refractivity contribution in [1.82, 2.24) is 9.88 Å². The van der Waals surface area contributed by atoms with E-state index in [1.165, 1.54) is 11.1 Å². The minimum Gasteiger partial charge on any atom is -0.392 e. The van der Waals surface area contributed by atoms with E-state index < -0.39 is 0 Å². The number of fused-ring (bicyclic) bond motifs is 1. The van der Waals surface area contributed by atoms with E-state index >= 15 is 0 Å². The summed E-state index contributed by atoms with van der Waals surface area (Å²) in [5.41, 5.74) is 2.28. The second-order valence-corrected chi connectivity index (χ2v) is 6.54. The highest BCUT2D eigenvalue weighted by Gasteiger charge is 2.19. The monoisotopic (exact) mass is 349 g/mol. The Bertz CT molecular complexity index is 624. The first-order valence-corrected chi connectivity index (χ1v) is 8.12. The van der Waals surface area contributed by atoms with E-state index in [0.29, 0.717) is 0 Å². The molecule has 0 bridgehead atoms. The molecule has 0 unspecified atom stereocenters. The molecule has 1 fully saturated rings. The van der Waals surface area contributed by atoms with Crippen LogP contribution >= 0.6 is 15.9 Å². The van der Waals surface area contributed by atoms with Crippen LogP contribution in [0.1, 0.15) is 6.92 Å². The van der Waals surface area contributed by atoms with Gasteiger partial charge in [-0.05, 0) is 31.2 Å². The third kappa shape index (κ3) is 3.36. The molecule has 112 valence electrons. The third-order valence-corrected chi connectivity index (χ3v) is 4.41. The highest BCUT2D eigenvalue weighted by Crippen LogP contribution is 2.28. The number of hydrogen-bond acceptors (Lipinski definition) is 4. The highest BCUT2D eigenvalue weighted by molar-refractivity contribution is 9.10. The number of β-amino-alcohol motifs (C(OH)–C–C–N with tert-alkyl or cyclic N) is 1. The number of piperazine rings is 1. The van der Waals surface area contributed by atoms with Gasteiger partial charge in [0.05, 0.1) is 11.6 Å². The first-order valence-electron chi connectivity index (χ1n) is 7.33. The molecule has 1 aromatic heterocycles. The van der Waals surface area contributed by atoms with Crippen molar-refractivity contribution in [1.29, 1.82) is 0 Å². The molecule has 5 heteroatoms. The molecule has 0 saturated carbocycles. The minimum atomic E-state index is -0.254. The molecule has 0 aliphatic carbocycles. The van der Waals surface area contributed by atoms with Gasteiger partial charge < -0.3 is 10.0 Å². The topological polar surface area (TPSA) is 39.6 Å². The van der Waals surface area contributed by atoms with Gasteiger partial charge in [-0.2, -0.15) is 0 Å². The largest absolute Gasteiger partial charge is 0.392 e. The maximum Gasteiger partial charge on any atom is 0.0734 e. The van der Waals surface area contributed by atoms with Gasteiger partial charge in [0.15, 0.2) is 0 Å². The summed E-state index contributed by atoms with van der Waals surface area (Å²) >= 11 is 3.50. The molecule has 0 radical (unpaired) electrons. The molecular formula is C16H20BrN3O. The Balaban J connectivity index is 1.79. The molecule has 4 nitrogen and oxygen atoms in total. The predicted octanol–water partition coefficient (Wildman–Crippen LogP) is 2.50. The summed E-state index contributed by atoms with van der Waals surface area (Å²) in [5, 5.41) is 10.7. The van der Waals surface area contributed by atoms with Crippen molar-refractivity contribution in [2.24, 2.45) is 0 Å². The summed E-state index contributed by atoms with van der Waals surface area (Å²) in [6.45, 7) is 6.57. The highest BCUT2D eigenvalue weighted by atomic mass is 79.9. The van der Waals surface area contributed by atoms with Crippen molar-refractivity contribution in [2.75, 3.05) is 37.6 Å². The van der Waals surface area contributed by atoms with Crippen LogP contribution in [-0.2, 0) is 0 Å². The van der Waals surface area contributed by atoms with Crippen LogP contribution in [0.4, 0.5) is 5.69 Å². The number of nitrogens with zero attached hydrogens (tertiary/aromatic N) is 3. The third-order valence-electron chi connectivity index (χ3n) is 3.92. The fraction of sp³-hybridized carbons (Fsp3) is 0.438. The van der Waals surface area contributed by atoms with Crippen LogP contribution in [0.2, 0.25) is 0 Å². The van der Waals surface area contributed by atoms with Crippen LogP contribution in [0.25, 0.3) is 10.9 Å². The number of aliphatic hydroxyl groups excluding tert-OH is 1. The van der Waals surface area contributed by atoms with Crippen molar-refractivity contribution in [3.8, 4) is 0 Å². The zero-order chi connectivity index (χ0) is 14.8. The summed E-state index contributed by atoms with van der Waals surface area (Å²) in [4.78, 5) is 9.19.